The van der Waals surface area contributed by atoms with Gasteiger partial charge < -0.3 is 10.2 Å². The van der Waals surface area contributed by atoms with Gasteiger partial charge in [-0.1, -0.05) is 61.8 Å². The van der Waals surface area contributed by atoms with E-state index in [9.17, 15) is 19.7 Å². The fraction of sp³-hybridized carbons (Fsp3) is 0.310. The van der Waals surface area contributed by atoms with Crippen molar-refractivity contribution in [3.63, 3.8) is 0 Å². The molecule has 0 saturated carbocycles. The van der Waals surface area contributed by atoms with Crippen molar-refractivity contribution in [1.29, 1.82) is 0 Å². The molecule has 3 aromatic rings. The number of rotatable bonds is 7. The van der Waals surface area contributed by atoms with Gasteiger partial charge in [-0.3, -0.25) is 19.7 Å². The van der Waals surface area contributed by atoms with Crippen LogP contribution in [0.1, 0.15) is 48.5 Å². The predicted octanol–water partition coefficient (Wildman–Crippen LogP) is 6.08. The van der Waals surface area contributed by atoms with Crippen molar-refractivity contribution < 1.29 is 14.5 Å². The lowest BCUT2D eigenvalue weighted by Gasteiger charge is -2.35. The molecule has 0 aliphatic carbocycles. The van der Waals surface area contributed by atoms with Gasteiger partial charge in [0.1, 0.15) is 6.04 Å². The van der Waals surface area contributed by atoms with Crippen molar-refractivity contribution in [3.05, 3.63) is 99.1 Å². The molecule has 1 N–H and O–H groups in total. The minimum atomic E-state index is -0.672. The molecular formula is C29H30ClN3O4. The maximum Gasteiger partial charge on any atom is 0.277 e. The zero-order valence-electron chi connectivity index (χ0n) is 20.9. The van der Waals surface area contributed by atoms with Crippen LogP contribution >= 0.6 is 11.6 Å². The molecule has 1 aliphatic rings. The highest BCUT2D eigenvalue weighted by Gasteiger charge is 2.32. The largest absolute Gasteiger partial charge is 0.341 e. The standard InChI is InChI=1S/C29H30ClN3O4/c1-19(2)27(29(35)32-16-14-21(15-17-32)20-10-12-24(30)13-11-20)31-28(34)23-7-5-6-22(18-23)25-8-3-4-9-26(25)33(36)37/h3-13,18-19,21,27H,14-17H2,1-2H3,(H,31,34). The molecule has 4 rings (SSSR count). The van der Waals surface area contributed by atoms with Crippen LogP contribution in [0.15, 0.2) is 72.8 Å². The molecule has 0 radical (unpaired) electrons. The molecule has 0 bridgehead atoms. The van der Waals surface area contributed by atoms with Crippen molar-refractivity contribution >= 4 is 29.1 Å². The van der Waals surface area contributed by atoms with Crippen molar-refractivity contribution in [2.75, 3.05) is 13.1 Å². The Kier molecular flexibility index (Phi) is 8.24. The number of hydrogen-bond acceptors (Lipinski definition) is 4. The summed E-state index contributed by atoms with van der Waals surface area (Å²) in [6.45, 7) is 5.07. The molecule has 1 atom stereocenters. The van der Waals surface area contributed by atoms with Crippen LogP contribution in [0.3, 0.4) is 0 Å². The molecule has 1 unspecified atom stereocenters. The minimum Gasteiger partial charge on any atom is -0.341 e. The van der Waals surface area contributed by atoms with Crippen LogP contribution in [-0.2, 0) is 4.79 Å². The van der Waals surface area contributed by atoms with E-state index in [-0.39, 0.29) is 23.4 Å². The fourth-order valence-electron chi connectivity index (χ4n) is 4.81. The zero-order chi connectivity index (χ0) is 26.5. The second kappa shape index (κ2) is 11.6. The molecule has 0 spiro atoms. The van der Waals surface area contributed by atoms with Gasteiger partial charge in [-0.2, -0.15) is 0 Å². The Morgan fingerprint density at radius 3 is 2.32 bits per heavy atom. The Balaban J connectivity index is 1.45. The number of carbonyl (C=O) groups is 2. The molecule has 0 aromatic heterocycles. The van der Waals surface area contributed by atoms with Crippen LogP contribution in [0.4, 0.5) is 5.69 Å². The van der Waals surface area contributed by atoms with Crippen molar-refractivity contribution in [2.45, 2.75) is 38.6 Å². The Morgan fingerprint density at radius 1 is 1.00 bits per heavy atom. The highest BCUT2D eigenvalue weighted by atomic mass is 35.5. The van der Waals surface area contributed by atoms with Crippen LogP contribution in [0.5, 0.6) is 0 Å². The summed E-state index contributed by atoms with van der Waals surface area (Å²) in [6.07, 6.45) is 1.70. The summed E-state index contributed by atoms with van der Waals surface area (Å²) in [4.78, 5) is 39.5. The van der Waals surface area contributed by atoms with Gasteiger partial charge in [-0.15, -0.1) is 0 Å². The third kappa shape index (κ3) is 6.17. The van der Waals surface area contributed by atoms with Crippen LogP contribution < -0.4 is 5.32 Å². The number of amides is 2. The molecule has 8 heteroatoms. The predicted molar refractivity (Wildman–Crippen MR) is 145 cm³/mol. The molecule has 192 valence electrons. The van der Waals surface area contributed by atoms with E-state index in [2.05, 4.69) is 5.32 Å². The van der Waals surface area contributed by atoms with Gasteiger partial charge in [-0.05, 0) is 66.1 Å². The van der Waals surface area contributed by atoms with E-state index >= 15 is 0 Å². The summed E-state index contributed by atoms with van der Waals surface area (Å²) in [6, 6.07) is 20.3. The smallest absolute Gasteiger partial charge is 0.277 e. The highest BCUT2D eigenvalue weighted by Crippen LogP contribution is 2.31. The van der Waals surface area contributed by atoms with Crippen LogP contribution in [0.2, 0.25) is 5.02 Å². The van der Waals surface area contributed by atoms with Crippen molar-refractivity contribution in [1.82, 2.24) is 10.2 Å². The van der Waals surface area contributed by atoms with Gasteiger partial charge in [0.2, 0.25) is 5.91 Å². The Labute approximate surface area is 221 Å². The summed E-state index contributed by atoms with van der Waals surface area (Å²) in [5.74, 6) is -0.210. The van der Waals surface area contributed by atoms with Gasteiger partial charge in [0.05, 0.1) is 10.5 Å². The summed E-state index contributed by atoms with van der Waals surface area (Å²) in [7, 11) is 0. The lowest BCUT2D eigenvalue weighted by Crippen LogP contribution is -2.52. The minimum absolute atomic E-state index is 0.0303. The van der Waals surface area contributed by atoms with Gasteiger partial charge in [-0.25, -0.2) is 0 Å². The van der Waals surface area contributed by atoms with E-state index in [0.29, 0.717) is 40.7 Å². The van der Waals surface area contributed by atoms with E-state index in [1.807, 2.05) is 43.0 Å². The molecule has 1 saturated heterocycles. The summed E-state index contributed by atoms with van der Waals surface area (Å²) >= 11 is 6.01. The van der Waals surface area contributed by atoms with E-state index in [0.717, 1.165) is 12.8 Å². The summed E-state index contributed by atoms with van der Waals surface area (Å²) in [5, 5.41) is 15.1. The number of likely N-dealkylation sites (tertiary alicyclic amines) is 1. The highest BCUT2D eigenvalue weighted by molar-refractivity contribution is 6.30. The lowest BCUT2D eigenvalue weighted by atomic mass is 9.89. The maximum absolute atomic E-state index is 13.4. The first kappa shape index (κ1) is 26.4. The van der Waals surface area contributed by atoms with Crippen molar-refractivity contribution in [2.24, 2.45) is 5.92 Å². The summed E-state index contributed by atoms with van der Waals surface area (Å²) in [5.41, 5.74) is 2.54. The molecule has 1 heterocycles. The van der Waals surface area contributed by atoms with Crippen LogP contribution in [-0.4, -0.2) is 40.8 Å². The molecule has 37 heavy (non-hydrogen) atoms. The number of para-hydroxylation sites is 1. The van der Waals surface area contributed by atoms with E-state index in [1.54, 1.807) is 42.5 Å². The number of nitrogens with zero attached hydrogens (tertiary/aromatic N) is 2. The number of halogens is 1. The number of nitrogens with one attached hydrogen (secondary N) is 1. The van der Waals surface area contributed by atoms with Gasteiger partial charge in [0.15, 0.2) is 0 Å². The number of nitro groups is 1. The van der Waals surface area contributed by atoms with Gasteiger partial charge in [0.25, 0.3) is 11.6 Å². The van der Waals surface area contributed by atoms with Crippen LogP contribution in [0.25, 0.3) is 11.1 Å². The Bertz CT molecular complexity index is 1280. The number of hydrogen-bond donors (Lipinski definition) is 1. The van der Waals surface area contributed by atoms with E-state index < -0.39 is 11.0 Å². The normalized spacial score (nSPS) is 14.9. The third-order valence-electron chi connectivity index (χ3n) is 6.90. The van der Waals surface area contributed by atoms with Gasteiger partial charge >= 0.3 is 0 Å². The quantitative estimate of drug-likeness (QED) is 0.302. The first-order valence-electron chi connectivity index (χ1n) is 12.4. The molecule has 1 aliphatic heterocycles. The molecule has 7 nitrogen and oxygen atoms in total. The number of nitro benzene ring substituents is 1. The fourth-order valence-corrected chi connectivity index (χ4v) is 4.93. The van der Waals surface area contributed by atoms with Crippen LogP contribution in [0, 0.1) is 16.0 Å². The maximum atomic E-state index is 13.4. The monoisotopic (exact) mass is 519 g/mol. The molecular weight excluding hydrogens is 490 g/mol. The average Bonchev–Trinajstić information content (AvgIpc) is 2.91. The third-order valence-corrected chi connectivity index (χ3v) is 7.16. The topological polar surface area (TPSA) is 92.5 Å². The molecule has 3 aromatic carbocycles. The zero-order valence-corrected chi connectivity index (χ0v) is 21.6. The number of benzene rings is 3. The second-order valence-electron chi connectivity index (χ2n) is 9.70. The average molecular weight is 520 g/mol. The Hall–Kier alpha value is -3.71. The number of carbonyl (C=O) groups excluding carboxylic acids is 2. The lowest BCUT2D eigenvalue weighted by molar-refractivity contribution is -0.384. The first-order chi connectivity index (χ1) is 17.7. The van der Waals surface area contributed by atoms with E-state index in [1.165, 1.54) is 11.6 Å². The van der Waals surface area contributed by atoms with Crippen molar-refractivity contribution in [3.8, 4) is 11.1 Å². The Morgan fingerprint density at radius 2 is 1.68 bits per heavy atom. The molecule has 1 fully saturated rings. The number of piperidine rings is 1. The second-order valence-corrected chi connectivity index (χ2v) is 10.1. The van der Waals surface area contributed by atoms with Gasteiger partial charge in [0, 0.05) is 29.7 Å². The first-order valence-corrected chi connectivity index (χ1v) is 12.8. The summed E-state index contributed by atoms with van der Waals surface area (Å²) < 4.78 is 0. The molecule has 2 amide bonds. The SMILES string of the molecule is CC(C)C(NC(=O)c1cccc(-c2ccccc2[N+](=O)[O-])c1)C(=O)N1CCC(c2ccc(Cl)cc2)CC1. The van der Waals surface area contributed by atoms with E-state index in [4.69, 9.17) is 11.6 Å².